The Labute approximate surface area is 156 Å². The quantitative estimate of drug-likeness (QED) is 0.397. The molecular weight excluding hydrogens is 330 g/mol. The van der Waals surface area contributed by atoms with Crippen molar-refractivity contribution in [2.24, 2.45) is 5.92 Å². The van der Waals surface area contributed by atoms with Crippen molar-refractivity contribution in [1.82, 2.24) is 0 Å². The van der Waals surface area contributed by atoms with Gasteiger partial charge in [0.1, 0.15) is 0 Å². The van der Waals surface area contributed by atoms with Crippen molar-refractivity contribution in [1.29, 1.82) is 0 Å². The fourth-order valence-electron chi connectivity index (χ4n) is 3.32. The van der Waals surface area contributed by atoms with Crippen LogP contribution in [0.5, 0.6) is 0 Å². The molecule has 0 saturated heterocycles. The molecule has 1 aromatic rings. The Morgan fingerprint density at radius 1 is 1.26 bits per heavy atom. The molecule has 3 rings (SSSR count). The van der Waals surface area contributed by atoms with Gasteiger partial charge in [0.25, 0.3) is 0 Å². The molecule has 2 bridgehead atoms. The van der Waals surface area contributed by atoms with Crippen molar-refractivity contribution in [3.63, 3.8) is 0 Å². The van der Waals surface area contributed by atoms with Crippen LogP contribution >= 0.6 is 0 Å². The summed E-state index contributed by atoms with van der Waals surface area (Å²) in [5, 5.41) is 0. The molecule has 2 fully saturated rings. The molecule has 2 aliphatic rings. The SMILES string of the molecule is CC(C)[Si](C)=[Ti+2].Cc1c[c-](C)c(C)c1C.[NH-]C12CCC(CC1)C2. The molecule has 0 unspecified atom stereocenters. The average molecular weight is 365 g/mol. The third-order valence-corrected chi connectivity index (χ3v) is 10.2. The number of fused-ring (bicyclic) bond motifs is 2. The number of rotatable bonds is 1. The molecule has 0 aromatic heterocycles. The van der Waals surface area contributed by atoms with Crippen LogP contribution in [0.2, 0.25) is 12.1 Å². The van der Waals surface area contributed by atoms with Crippen molar-refractivity contribution < 1.29 is 19.2 Å². The van der Waals surface area contributed by atoms with Gasteiger partial charge in [-0.3, -0.25) is 0 Å². The van der Waals surface area contributed by atoms with Gasteiger partial charge in [-0.1, -0.05) is 59.8 Å². The van der Waals surface area contributed by atoms with Crippen molar-refractivity contribution in [2.45, 2.75) is 91.3 Å². The van der Waals surface area contributed by atoms with E-state index in [4.69, 9.17) is 5.73 Å². The van der Waals surface area contributed by atoms with Crippen molar-refractivity contribution >= 4 is 6.19 Å². The van der Waals surface area contributed by atoms with Crippen LogP contribution < -0.4 is 0 Å². The Bertz CT molecular complexity index is 499. The summed E-state index contributed by atoms with van der Waals surface area (Å²) in [5.74, 6) is 0.951. The first kappa shape index (κ1) is 21.3. The zero-order valence-electron chi connectivity index (χ0n) is 16.3. The summed E-state index contributed by atoms with van der Waals surface area (Å²) in [4.78, 5) is 0. The molecule has 0 amide bonds. The fraction of sp³-hybridized carbons (Fsp3) is 0.750. The number of hydrogen-bond donors (Lipinski definition) is 0. The van der Waals surface area contributed by atoms with E-state index in [1.165, 1.54) is 54.4 Å². The predicted octanol–water partition coefficient (Wildman–Crippen LogP) is 6.57. The van der Waals surface area contributed by atoms with Crippen molar-refractivity contribution in [3.05, 3.63) is 34.1 Å². The maximum atomic E-state index is 7.77. The Morgan fingerprint density at radius 2 is 1.74 bits per heavy atom. The summed E-state index contributed by atoms with van der Waals surface area (Å²) in [7, 11) is 0. The second kappa shape index (κ2) is 9.08. The first-order valence-electron chi connectivity index (χ1n) is 9.06. The zero-order chi connectivity index (χ0) is 17.8. The van der Waals surface area contributed by atoms with E-state index in [1.807, 2.05) is 0 Å². The van der Waals surface area contributed by atoms with Gasteiger partial charge in [-0.25, -0.2) is 0 Å². The molecule has 1 aromatic carbocycles. The van der Waals surface area contributed by atoms with E-state index in [0.29, 0.717) is 0 Å². The molecule has 0 radical (unpaired) electrons. The Hall–Kier alpha value is 0.241. The summed E-state index contributed by atoms with van der Waals surface area (Å²) in [6.07, 6.45) is 6.35. The van der Waals surface area contributed by atoms with Crippen LogP contribution in [0.25, 0.3) is 5.73 Å². The minimum atomic E-state index is 0.0484. The molecule has 0 spiro atoms. The van der Waals surface area contributed by atoms with E-state index in [9.17, 15) is 0 Å². The minimum Gasteiger partial charge on any atom is -0.672 e. The van der Waals surface area contributed by atoms with E-state index in [0.717, 1.165) is 11.5 Å². The third kappa shape index (κ3) is 6.57. The van der Waals surface area contributed by atoms with Crippen LogP contribution in [-0.4, -0.2) is 11.7 Å². The summed E-state index contributed by atoms with van der Waals surface area (Å²) in [6, 6.07) is 2.24. The molecule has 3 heteroatoms. The molecule has 1 nitrogen and oxygen atoms in total. The fourth-order valence-corrected chi connectivity index (χ4v) is 3.32. The molecule has 2 saturated carbocycles. The van der Waals surface area contributed by atoms with Gasteiger partial charge in [0.2, 0.25) is 0 Å². The number of aryl methyl sites for hydroxylation is 2. The molecule has 0 atom stereocenters. The molecule has 23 heavy (non-hydrogen) atoms. The van der Waals surface area contributed by atoms with E-state index in [1.54, 1.807) is 0 Å². The van der Waals surface area contributed by atoms with Crippen LogP contribution in [0.15, 0.2) is 6.07 Å². The van der Waals surface area contributed by atoms with Crippen LogP contribution in [0.1, 0.15) is 68.2 Å². The monoisotopic (exact) mass is 365 g/mol. The second-order valence-electron chi connectivity index (χ2n) is 8.03. The molecule has 1 N–H and O–H groups in total. The van der Waals surface area contributed by atoms with Crippen LogP contribution in [0.3, 0.4) is 0 Å². The number of nitrogens with one attached hydrogen (secondary N) is 1. The van der Waals surface area contributed by atoms with Crippen LogP contribution in [0, 0.1) is 33.6 Å². The molecule has 2 aliphatic carbocycles. The third-order valence-electron chi connectivity index (χ3n) is 5.79. The van der Waals surface area contributed by atoms with E-state index in [2.05, 4.69) is 73.3 Å². The van der Waals surface area contributed by atoms with Crippen molar-refractivity contribution in [2.75, 3.05) is 0 Å². The maximum Gasteiger partial charge on any atom is -0.0426 e. The summed E-state index contributed by atoms with van der Waals surface area (Å²) in [5.41, 5.74) is 14.5. The molecule has 128 valence electrons. The Balaban J connectivity index is 0.000000177. The summed E-state index contributed by atoms with van der Waals surface area (Å²) >= 11 is 2.34. The van der Waals surface area contributed by atoms with Gasteiger partial charge in [-0.15, -0.1) is 5.54 Å². The van der Waals surface area contributed by atoms with Gasteiger partial charge in [-0.2, -0.15) is 28.3 Å². The summed E-state index contributed by atoms with van der Waals surface area (Å²) in [6.45, 7) is 15.6. The first-order chi connectivity index (χ1) is 10.6. The Kier molecular flexibility index (Phi) is 8.40. The largest absolute Gasteiger partial charge is 0.672 e. The topological polar surface area (TPSA) is 23.8 Å². The first-order valence-corrected chi connectivity index (χ1v) is 13.5. The average Bonchev–Trinajstić information content (AvgIpc) is 3.10. The van der Waals surface area contributed by atoms with Crippen LogP contribution in [-0.2, 0) is 19.2 Å². The van der Waals surface area contributed by atoms with E-state index < -0.39 is 0 Å². The normalized spacial score (nSPS) is 24.9. The standard InChI is InChI=1S/C9H13.C7H12N.C4H10Si.Ti/c1-6-5-7(2)9(4)8(6)3;8-7-3-1-6(5-7)2-4-7;1-4(2)5-3;/h5H,1-4H3;6,8H,1-5H2;4H,1-3H3;/q2*-1;;+2. The molecule has 0 aliphatic heterocycles. The van der Waals surface area contributed by atoms with E-state index >= 15 is 0 Å². The Morgan fingerprint density at radius 3 is 1.83 bits per heavy atom. The summed E-state index contributed by atoms with van der Waals surface area (Å²) < 4.78 is 0. The molecule has 0 heterocycles. The maximum absolute atomic E-state index is 7.77. The zero-order valence-corrected chi connectivity index (χ0v) is 18.8. The van der Waals surface area contributed by atoms with Gasteiger partial charge >= 0.3 is 51.3 Å². The number of hydrogen-bond acceptors (Lipinski definition) is 0. The second-order valence-corrected chi connectivity index (χ2v) is 14.2. The van der Waals surface area contributed by atoms with Gasteiger partial charge in [-0.05, 0) is 5.92 Å². The predicted molar refractivity (Wildman–Crippen MR) is 101 cm³/mol. The van der Waals surface area contributed by atoms with E-state index in [-0.39, 0.29) is 11.7 Å². The van der Waals surface area contributed by atoms with Gasteiger partial charge < -0.3 is 5.73 Å². The van der Waals surface area contributed by atoms with Crippen LogP contribution in [0.4, 0.5) is 0 Å². The molecular formula is C20H35NSiTi. The van der Waals surface area contributed by atoms with Gasteiger partial charge in [0.05, 0.1) is 0 Å². The smallest absolute Gasteiger partial charge is 0.0426 e. The van der Waals surface area contributed by atoms with Gasteiger partial charge in [0.15, 0.2) is 0 Å². The minimum absolute atomic E-state index is 0.0484. The van der Waals surface area contributed by atoms with Crippen molar-refractivity contribution in [3.8, 4) is 0 Å². The van der Waals surface area contributed by atoms with Gasteiger partial charge in [0, 0.05) is 0 Å².